The Balaban J connectivity index is 1.99. The number of hydrogen-bond acceptors (Lipinski definition) is 3. The second-order valence-electron chi connectivity index (χ2n) is 6.12. The van der Waals surface area contributed by atoms with Gasteiger partial charge < -0.3 is 4.90 Å². The third kappa shape index (κ3) is 3.65. The minimum atomic E-state index is -3.29. The molecule has 2 fully saturated rings. The van der Waals surface area contributed by atoms with Gasteiger partial charge in [0, 0.05) is 38.1 Å². The minimum absolute atomic E-state index is 0.332. The van der Waals surface area contributed by atoms with Crippen molar-refractivity contribution in [1.29, 1.82) is 0 Å². The van der Waals surface area contributed by atoms with Crippen molar-refractivity contribution in [1.82, 2.24) is 13.5 Å². The monoisotopic (exact) mass is 323 g/mol. The van der Waals surface area contributed by atoms with Crippen LogP contribution in [0.1, 0.15) is 25.7 Å². The topological polar surface area (TPSA) is 43.9 Å². The molecule has 0 saturated carbocycles. The smallest absolute Gasteiger partial charge is 0.282 e. The molecule has 0 radical (unpaired) electrons. The van der Waals surface area contributed by atoms with Crippen LogP contribution in [0.3, 0.4) is 0 Å². The summed E-state index contributed by atoms with van der Waals surface area (Å²) in [5, 5.41) is 0. The first kappa shape index (κ1) is 16.5. The zero-order chi connectivity index (χ0) is 14.8. The van der Waals surface area contributed by atoms with Gasteiger partial charge in [-0.15, -0.1) is 11.6 Å². The Labute approximate surface area is 128 Å². The van der Waals surface area contributed by atoms with Crippen LogP contribution in [0.5, 0.6) is 0 Å². The highest BCUT2D eigenvalue weighted by Crippen LogP contribution is 2.24. The summed E-state index contributed by atoms with van der Waals surface area (Å²) in [4.78, 5) is 2.13. The zero-order valence-corrected chi connectivity index (χ0v) is 14.0. The summed E-state index contributed by atoms with van der Waals surface area (Å²) in [7, 11) is 0.755. The van der Waals surface area contributed by atoms with E-state index in [-0.39, 0.29) is 0 Å². The van der Waals surface area contributed by atoms with E-state index >= 15 is 0 Å². The van der Waals surface area contributed by atoms with E-state index in [1.165, 1.54) is 0 Å². The normalized spacial score (nSPS) is 28.1. The fourth-order valence-electron chi connectivity index (χ4n) is 3.01. The molecule has 2 aliphatic heterocycles. The largest absolute Gasteiger partial charge is 0.305 e. The van der Waals surface area contributed by atoms with Crippen LogP contribution in [0.4, 0.5) is 0 Å². The van der Waals surface area contributed by atoms with Gasteiger partial charge in [-0.1, -0.05) is 0 Å². The predicted octanol–water partition coefficient (Wildman–Crippen LogP) is 1.21. The van der Waals surface area contributed by atoms with E-state index < -0.39 is 10.2 Å². The summed E-state index contributed by atoms with van der Waals surface area (Å²) in [5.74, 6) is 1.11. The lowest BCUT2D eigenvalue weighted by Crippen LogP contribution is -2.53. The molecule has 20 heavy (non-hydrogen) atoms. The van der Waals surface area contributed by atoms with Gasteiger partial charge in [-0.25, -0.2) is 0 Å². The third-order valence-electron chi connectivity index (χ3n) is 4.53. The number of nitrogens with zero attached hydrogens (tertiary/aromatic N) is 3. The van der Waals surface area contributed by atoms with Gasteiger partial charge in [-0.05, 0) is 45.7 Å². The molecule has 0 N–H and O–H groups in total. The highest BCUT2D eigenvalue weighted by atomic mass is 35.5. The summed E-state index contributed by atoms with van der Waals surface area (Å²) in [6.07, 6.45) is 3.79. The molecular weight excluding hydrogens is 298 g/mol. The van der Waals surface area contributed by atoms with Crippen LogP contribution in [0.15, 0.2) is 0 Å². The van der Waals surface area contributed by atoms with Gasteiger partial charge in [0.2, 0.25) is 0 Å². The van der Waals surface area contributed by atoms with Crippen molar-refractivity contribution >= 4 is 21.8 Å². The number of rotatable bonds is 4. The fourth-order valence-corrected chi connectivity index (χ4v) is 5.04. The molecular formula is C13H26ClN3O2S. The summed E-state index contributed by atoms with van der Waals surface area (Å²) in [5.41, 5.74) is 0. The van der Waals surface area contributed by atoms with Crippen molar-refractivity contribution in [3.63, 3.8) is 0 Å². The van der Waals surface area contributed by atoms with Crippen molar-refractivity contribution < 1.29 is 8.42 Å². The first-order valence-electron chi connectivity index (χ1n) is 7.42. The average molecular weight is 324 g/mol. The molecule has 1 unspecified atom stereocenters. The molecule has 0 bridgehead atoms. The van der Waals surface area contributed by atoms with Crippen molar-refractivity contribution in [3.8, 4) is 0 Å². The lowest BCUT2D eigenvalue weighted by molar-refractivity contribution is 0.178. The van der Waals surface area contributed by atoms with Crippen LogP contribution >= 0.6 is 11.6 Å². The molecule has 2 aliphatic rings. The predicted molar refractivity (Wildman–Crippen MR) is 82.2 cm³/mol. The Morgan fingerprint density at radius 1 is 1.10 bits per heavy atom. The maximum atomic E-state index is 12.7. The molecule has 2 heterocycles. The molecule has 5 nitrogen and oxygen atoms in total. The van der Waals surface area contributed by atoms with Crippen molar-refractivity contribution in [2.45, 2.75) is 31.7 Å². The summed E-state index contributed by atoms with van der Waals surface area (Å²) < 4.78 is 28.7. The second kappa shape index (κ2) is 6.92. The maximum Gasteiger partial charge on any atom is 0.282 e. The van der Waals surface area contributed by atoms with Crippen molar-refractivity contribution in [3.05, 3.63) is 0 Å². The molecule has 1 atom stereocenters. The highest BCUT2D eigenvalue weighted by Gasteiger charge is 2.35. The minimum Gasteiger partial charge on any atom is -0.305 e. The Kier molecular flexibility index (Phi) is 5.71. The van der Waals surface area contributed by atoms with Crippen LogP contribution in [-0.4, -0.2) is 74.1 Å². The molecule has 0 amide bonds. The fraction of sp³-hybridized carbons (Fsp3) is 1.00. The van der Waals surface area contributed by atoms with Gasteiger partial charge in [0.25, 0.3) is 10.2 Å². The van der Waals surface area contributed by atoms with Crippen molar-refractivity contribution in [2.24, 2.45) is 5.92 Å². The van der Waals surface area contributed by atoms with Crippen LogP contribution in [-0.2, 0) is 10.2 Å². The van der Waals surface area contributed by atoms with Crippen LogP contribution < -0.4 is 0 Å². The summed E-state index contributed by atoms with van der Waals surface area (Å²) in [6.45, 7) is 2.50. The van der Waals surface area contributed by atoms with Gasteiger partial charge in [0.05, 0.1) is 0 Å². The Bertz CT molecular complexity index is 408. The lowest BCUT2D eigenvalue weighted by atomic mass is 10.0. The van der Waals surface area contributed by atoms with Gasteiger partial charge in [-0.2, -0.15) is 17.0 Å². The third-order valence-corrected chi connectivity index (χ3v) is 6.97. The van der Waals surface area contributed by atoms with Crippen molar-refractivity contribution in [2.75, 3.05) is 46.2 Å². The van der Waals surface area contributed by atoms with Gasteiger partial charge >= 0.3 is 0 Å². The standard InChI is InChI=1S/C13H26ClN3O2S/c1-15(2)13-4-3-7-17(11-13)20(18,19)16-8-5-12(10-14)6-9-16/h12-13H,3-11H2,1-2H3. The zero-order valence-electron chi connectivity index (χ0n) is 12.5. The second-order valence-corrected chi connectivity index (χ2v) is 8.36. The molecule has 0 aromatic rings. The van der Waals surface area contributed by atoms with E-state index in [1.54, 1.807) is 8.61 Å². The SMILES string of the molecule is CN(C)C1CCCN(S(=O)(=O)N2CCC(CCl)CC2)C1. The number of piperidine rings is 2. The molecule has 7 heteroatoms. The number of hydrogen-bond donors (Lipinski definition) is 0. The molecule has 0 spiro atoms. The molecule has 0 aromatic carbocycles. The highest BCUT2D eigenvalue weighted by molar-refractivity contribution is 7.86. The van der Waals surface area contributed by atoms with E-state index in [9.17, 15) is 8.42 Å². The summed E-state index contributed by atoms with van der Waals surface area (Å²) >= 11 is 5.86. The molecule has 0 aromatic heterocycles. The molecule has 2 saturated heterocycles. The number of likely N-dealkylation sites (N-methyl/N-ethyl adjacent to an activating group) is 1. The van der Waals surface area contributed by atoms with E-state index in [4.69, 9.17) is 11.6 Å². The Morgan fingerprint density at radius 2 is 1.75 bits per heavy atom. The van der Waals surface area contributed by atoms with E-state index in [2.05, 4.69) is 4.90 Å². The van der Waals surface area contributed by atoms with Gasteiger partial charge in [-0.3, -0.25) is 0 Å². The Morgan fingerprint density at radius 3 is 2.30 bits per heavy atom. The van der Waals surface area contributed by atoms with Gasteiger partial charge in [0.1, 0.15) is 0 Å². The van der Waals surface area contributed by atoms with E-state index in [1.807, 2.05) is 14.1 Å². The van der Waals surface area contributed by atoms with Gasteiger partial charge in [0.15, 0.2) is 0 Å². The maximum absolute atomic E-state index is 12.7. The first-order chi connectivity index (χ1) is 9.45. The quantitative estimate of drug-likeness (QED) is 0.730. The average Bonchev–Trinajstić information content (AvgIpc) is 2.47. The van der Waals surface area contributed by atoms with E-state index in [0.717, 1.165) is 25.7 Å². The van der Waals surface area contributed by atoms with Crippen LogP contribution in [0, 0.1) is 5.92 Å². The molecule has 0 aliphatic carbocycles. The molecule has 118 valence electrons. The first-order valence-corrected chi connectivity index (χ1v) is 9.36. The number of halogens is 1. The summed E-state index contributed by atoms with van der Waals surface area (Å²) in [6, 6.07) is 0.332. The lowest BCUT2D eigenvalue weighted by Gasteiger charge is -2.39. The van der Waals surface area contributed by atoms with Crippen LogP contribution in [0.25, 0.3) is 0 Å². The Hall–Kier alpha value is 0.120. The molecule has 2 rings (SSSR count). The van der Waals surface area contributed by atoms with Crippen LogP contribution in [0.2, 0.25) is 0 Å². The van der Waals surface area contributed by atoms with E-state index in [0.29, 0.717) is 44.0 Å². The number of alkyl halides is 1.